The number of nitrogens with one attached hydrogen (secondary N) is 1. The van der Waals surface area contributed by atoms with E-state index in [-0.39, 0.29) is 0 Å². The van der Waals surface area contributed by atoms with Crippen LogP contribution in [0.4, 0.5) is 11.5 Å². The maximum Gasteiger partial charge on any atom is 0.141 e. The molecule has 8 nitrogen and oxygen atoms in total. The number of nitrogens with zero attached hydrogens (tertiary/aromatic N) is 5. The van der Waals surface area contributed by atoms with E-state index >= 15 is 0 Å². The number of aryl methyl sites for hydroxylation is 2. The van der Waals surface area contributed by atoms with Crippen molar-refractivity contribution >= 4 is 33.4 Å². The Hall–Kier alpha value is -4.17. The van der Waals surface area contributed by atoms with Crippen molar-refractivity contribution in [3.63, 3.8) is 0 Å². The van der Waals surface area contributed by atoms with E-state index in [1.165, 1.54) is 25.9 Å². The number of anilines is 2. The van der Waals surface area contributed by atoms with Crippen LogP contribution >= 0.6 is 0 Å². The molecule has 5 aromatic rings. The minimum absolute atomic E-state index is 0.726. The van der Waals surface area contributed by atoms with Crippen LogP contribution in [0.25, 0.3) is 21.9 Å². The molecule has 39 heavy (non-hydrogen) atoms. The lowest BCUT2D eigenvalue weighted by Crippen LogP contribution is -2.30. The van der Waals surface area contributed by atoms with Crippen molar-refractivity contribution in [2.75, 3.05) is 32.1 Å². The Morgan fingerprint density at radius 1 is 0.897 bits per heavy atom. The van der Waals surface area contributed by atoms with Crippen molar-refractivity contribution in [3.8, 4) is 17.2 Å². The highest BCUT2D eigenvalue weighted by molar-refractivity contribution is 5.91. The molecule has 0 radical (unpaired) electrons. The zero-order valence-electron chi connectivity index (χ0n) is 22.7. The molecule has 0 bridgehead atoms. The summed E-state index contributed by atoms with van der Waals surface area (Å²) in [6, 6.07) is 18.0. The summed E-state index contributed by atoms with van der Waals surface area (Å²) in [5.74, 6) is 3.89. The molecule has 1 aliphatic heterocycles. The third-order valence-electron chi connectivity index (χ3n) is 7.60. The number of hydrogen-bond donors (Lipinski definition) is 1. The van der Waals surface area contributed by atoms with Gasteiger partial charge in [-0.25, -0.2) is 15.0 Å². The lowest BCUT2D eigenvalue weighted by molar-refractivity contribution is 0.187. The van der Waals surface area contributed by atoms with Gasteiger partial charge in [0.05, 0.1) is 29.5 Å². The van der Waals surface area contributed by atoms with E-state index in [0.29, 0.717) is 0 Å². The van der Waals surface area contributed by atoms with Crippen LogP contribution in [0.3, 0.4) is 0 Å². The minimum atomic E-state index is 0.726. The van der Waals surface area contributed by atoms with Crippen LogP contribution in [0.1, 0.15) is 24.8 Å². The van der Waals surface area contributed by atoms with E-state index in [0.717, 1.165) is 75.2 Å². The second-order valence-corrected chi connectivity index (χ2v) is 10.5. The average Bonchev–Trinajstić information content (AvgIpc) is 3.31. The molecule has 2 aromatic heterocycles. The second-order valence-electron chi connectivity index (χ2n) is 10.5. The molecule has 6 rings (SSSR count). The largest absolute Gasteiger partial charge is 0.494 e. The highest BCUT2D eigenvalue weighted by Crippen LogP contribution is 2.32. The van der Waals surface area contributed by atoms with E-state index < -0.39 is 0 Å². The monoisotopic (exact) mass is 522 g/mol. The Bertz CT molecular complexity index is 1610. The van der Waals surface area contributed by atoms with Crippen molar-refractivity contribution in [1.82, 2.24) is 24.4 Å². The van der Waals surface area contributed by atoms with Crippen molar-refractivity contribution < 1.29 is 9.47 Å². The molecular weight excluding hydrogens is 488 g/mol. The van der Waals surface area contributed by atoms with Gasteiger partial charge < -0.3 is 24.3 Å². The maximum absolute atomic E-state index is 6.18. The predicted octanol–water partition coefficient (Wildman–Crippen LogP) is 6.47. The van der Waals surface area contributed by atoms with Gasteiger partial charge in [0.25, 0.3) is 0 Å². The van der Waals surface area contributed by atoms with Crippen LogP contribution < -0.4 is 14.8 Å². The van der Waals surface area contributed by atoms with Gasteiger partial charge in [-0.05, 0) is 106 Å². The highest BCUT2D eigenvalue weighted by Gasteiger charge is 2.16. The van der Waals surface area contributed by atoms with Crippen molar-refractivity contribution in [1.29, 1.82) is 0 Å². The number of piperidine rings is 1. The van der Waals surface area contributed by atoms with E-state index in [9.17, 15) is 0 Å². The smallest absolute Gasteiger partial charge is 0.141 e. The molecule has 0 atom stereocenters. The van der Waals surface area contributed by atoms with E-state index in [4.69, 9.17) is 9.47 Å². The van der Waals surface area contributed by atoms with Gasteiger partial charge in [0.2, 0.25) is 0 Å². The topological polar surface area (TPSA) is 77.3 Å². The Balaban J connectivity index is 1.14. The summed E-state index contributed by atoms with van der Waals surface area (Å²) in [6.45, 7) is 5.12. The Morgan fingerprint density at radius 3 is 2.59 bits per heavy atom. The molecule has 0 aliphatic carbocycles. The van der Waals surface area contributed by atoms with Gasteiger partial charge in [-0.2, -0.15) is 0 Å². The van der Waals surface area contributed by atoms with Gasteiger partial charge in [0, 0.05) is 24.2 Å². The molecule has 0 amide bonds. The molecule has 3 aromatic carbocycles. The summed E-state index contributed by atoms with van der Waals surface area (Å²) >= 11 is 0. The van der Waals surface area contributed by atoms with Crippen LogP contribution in [0.15, 0.2) is 67.3 Å². The first-order chi connectivity index (χ1) is 19.0. The van der Waals surface area contributed by atoms with Crippen LogP contribution in [0.2, 0.25) is 0 Å². The first kappa shape index (κ1) is 25.1. The van der Waals surface area contributed by atoms with Crippen molar-refractivity contribution in [2.45, 2.75) is 26.2 Å². The van der Waals surface area contributed by atoms with Gasteiger partial charge in [-0.1, -0.05) is 0 Å². The van der Waals surface area contributed by atoms with Crippen LogP contribution in [0, 0.1) is 12.8 Å². The maximum atomic E-state index is 6.18. The van der Waals surface area contributed by atoms with Crippen LogP contribution in [0.5, 0.6) is 17.2 Å². The summed E-state index contributed by atoms with van der Waals surface area (Å²) in [4.78, 5) is 15.8. The molecular formula is C31H34N6O2. The normalized spacial score (nSPS) is 14.6. The summed E-state index contributed by atoms with van der Waals surface area (Å²) in [7, 11) is 4.18. The fourth-order valence-corrected chi connectivity index (χ4v) is 5.20. The van der Waals surface area contributed by atoms with Crippen molar-refractivity contribution in [3.05, 3.63) is 72.8 Å². The van der Waals surface area contributed by atoms with E-state index in [2.05, 4.69) is 38.3 Å². The molecule has 1 N–H and O–H groups in total. The number of benzene rings is 3. The number of likely N-dealkylation sites (tertiary alicyclic amines) is 1. The van der Waals surface area contributed by atoms with E-state index in [1.807, 2.05) is 73.4 Å². The van der Waals surface area contributed by atoms with Gasteiger partial charge >= 0.3 is 0 Å². The number of rotatable bonds is 8. The standard InChI is InChI=1S/C31H34N6O2/c1-21-16-23(4-9-30(21)39-25-6-8-29-28(18-25)34-20-37(29)3)35-31-26-17-24(5-7-27(26)32-19-33-31)38-15-12-22-10-13-36(2)14-11-22/h4-9,16-20,22H,10-15H2,1-3H3,(H,32,33,35). The number of ether oxygens (including phenoxy) is 2. The fourth-order valence-electron chi connectivity index (χ4n) is 5.20. The zero-order valence-corrected chi connectivity index (χ0v) is 22.7. The third-order valence-corrected chi connectivity index (χ3v) is 7.60. The second kappa shape index (κ2) is 10.9. The highest BCUT2D eigenvalue weighted by atomic mass is 16.5. The summed E-state index contributed by atoms with van der Waals surface area (Å²) in [5, 5.41) is 4.39. The molecule has 1 aliphatic rings. The lowest BCUT2D eigenvalue weighted by Gasteiger charge is -2.28. The molecule has 1 fully saturated rings. The number of imidazole rings is 1. The van der Waals surface area contributed by atoms with E-state index in [1.54, 1.807) is 6.33 Å². The fraction of sp³-hybridized carbons (Fsp3) is 0.323. The number of fused-ring (bicyclic) bond motifs is 2. The Labute approximate surface area is 228 Å². The Morgan fingerprint density at radius 2 is 1.74 bits per heavy atom. The predicted molar refractivity (Wildman–Crippen MR) is 155 cm³/mol. The molecule has 0 spiro atoms. The lowest BCUT2D eigenvalue weighted by atomic mass is 9.94. The number of aromatic nitrogens is 4. The van der Waals surface area contributed by atoms with Crippen molar-refractivity contribution in [2.24, 2.45) is 13.0 Å². The zero-order chi connectivity index (χ0) is 26.8. The summed E-state index contributed by atoms with van der Waals surface area (Å²) < 4.78 is 14.3. The molecule has 200 valence electrons. The SMILES string of the molecule is Cc1cc(Nc2ncnc3ccc(OCCC4CCN(C)CC4)cc23)ccc1Oc1ccc2c(c1)ncn2C. The van der Waals surface area contributed by atoms with Gasteiger partial charge in [-0.3, -0.25) is 0 Å². The quantitative estimate of drug-likeness (QED) is 0.250. The van der Waals surface area contributed by atoms with Gasteiger partial charge in [0.15, 0.2) is 0 Å². The Kier molecular flexibility index (Phi) is 7.02. The number of hydrogen-bond acceptors (Lipinski definition) is 7. The third kappa shape index (κ3) is 5.66. The molecule has 3 heterocycles. The molecule has 0 unspecified atom stereocenters. The van der Waals surface area contributed by atoms with Gasteiger partial charge in [0.1, 0.15) is 29.4 Å². The minimum Gasteiger partial charge on any atom is -0.494 e. The van der Waals surface area contributed by atoms with Gasteiger partial charge in [-0.15, -0.1) is 0 Å². The summed E-state index contributed by atoms with van der Waals surface area (Å²) in [6.07, 6.45) is 6.99. The summed E-state index contributed by atoms with van der Waals surface area (Å²) in [5.41, 5.74) is 4.79. The first-order valence-electron chi connectivity index (χ1n) is 13.5. The molecule has 8 heteroatoms. The molecule has 1 saturated heterocycles. The van der Waals surface area contributed by atoms with Crippen LogP contribution in [-0.2, 0) is 7.05 Å². The molecule has 0 saturated carbocycles. The average molecular weight is 523 g/mol. The first-order valence-corrected chi connectivity index (χ1v) is 13.5. The van der Waals surface area contributed by atoms with Crippen LogP contribution in [-0.4, -0.2) is 51.2 Å².